The van der Waals surface area contributed by atoms with Crippen molar-refractivity contribution in [2.45, 2.75) is 108 Å². The highest BCUT2D eigenvalue weighted by atomic mass is 19.4. The maximum Gasteiger partial charge on any atom is 0.527 e. The third-order valence-corrected chi connectivity index (χ3v) is 4.21. The van der Waals surface area contributed by atoms with E-state index >= 15 is 0 Å². The number of esters is 2. The second-order valence-corrected chi connectivity index (χ2v) is 8.65. The van der Waals surface area contributed by atoms with Gasteiger partial charge in [-0.25, -0.2) is 9.47 Å². The summed E-state index contributed by atoms with van der Waals surface area (Å²) in [5, 5.41) is 0. The van der Waals surface area contributed by atoms with Gasteiger partial charge in [-0.3, -0.25) is 9.59 Å². The molecule has 0 aliphatic carbocycles. The van der Waals surface area contributed by atoms with Gasteiger partial charge in [-0.05, 0) is 48.5 Å². The lowest BCUT2D eigenvalue weighted by Crippen LogP contribution is -2.52. The number of halogens is 9. The molecule has 36 heavy (non-hydrogen) atoms. The summed E-state index contributed by atoms with van der Waals surface area (Å²) < 4.78 is 128. The number of carbonyl (C=O) groups excluding carboxylic acids is 2. The van der Waals surface area contributed by atoms with Crippen molar-refractivity contribution in [3.63, 3.8) is 0 Å². The van der Waals surface area contributed by atoms with E-state index in [1.807, 2.05) is 4.74 Å². The molecule has 0 unspecified atom stereocenters. The Morgan fingerprint density at radius 2 is 0.917 bits per heavy atom. The molecular weight excluding hydrogens is 519 g/mol. The smallest absolute Gasteiger partial charge is 0.460 e. The van der Waals surface area contributed by atoms with Crippen LogP contribution in [-0.2, 0) is 28.5 Å². The molecule has 0 heterocycles. The van der Waals surface area contributed by atoms with Crippen LogP contribution >= 0.6 is 0 Å². The summed E-state index contributed by atoms with van der Waals surface area (Å²) in [4.78, 5) is 24.6. The van der Waals surface area contributed by atoms with Crippen molar-refractivity contribution < 1.29 is 68.1 Å². The van der Waals surface area contributed by atoms with Crippen LogP contribution < -0.4 is 0 Å². The second-order valence-electron chi connectivity index (χ2n) is 8.65. The highest BCUT2D eigenvalue weighted by molar-refractivity contribution is 5.87. The van der Waals surface area contributed by atoms with Gasteiger partial charge < -0.3 is 9.47 Å². The highest BCUT2D eigenvalue weighted by Crippen LogP contribution is 2.44. The third kappa shape index (κ3) is 12.0. The SMILES string of the molecule is C.C.C.C.CC(C)(C)OC(=O)C(C)(C)C(C)(C)C(=O)OCC(F)(F)OC(F)(F)C(F)(F)OC(F)(F)F. The predicted octanol–water partition coefficient (Wildman–Crippen LogP) is 7.80. The van der Waals surface area contributed by atoms with Gasteiger partial charge in [0.2, 0.25) is 0 Å². The van der Waals surface area contributed by atoms with Crippen LogP contribution in [0.3, 0.4) is 0 Å². The fourth-order valence-corrected chi connectivity index (χ4v) is 1.73. The first kappa shape index (κ1) is 44.2. The Morgan fingerprint density at radius 3 is 1.25 bits per heavy atom. The molecule has 0 fully saturated rings. The van der Waals surface area contributed by atoms with Crippen molar-refractivity contribution in [3.05, 3.63) is 0 Å². The number of rotatable bonds is 9. The molecule has 0 rings (SSSR count). The van der Waals surface area contributed by atoms with Crippen molar-refractivity contribution in [2.75, 3.05) is 6.61 Å². The minimum Gasteiger partial charge on any atom is -0.460 e. The van der Waals surface area contributed by atoms with Crippen molar-refractivity contribution >= 4 is 11.9 Å². The van der Waals surface area contributed by atoms with Crippen molar-refractivity contribution in [1.29, 1.82) is 0 Å². The van der Waals surface area contributed by atoms with Gasteiger partial charge >= 0.3 is 36.6 Å². The molecule has 0 N–H and O–H groups in total. The first-order chi connectivity index (χ1) is 13.7. The van der Waals surface area contributed by atoms with E-state index in [4.69, 9.17) is 4.74 Å². The van der Waals surface area contributed by atoms with Crippen molar-refractivity contribution in [3.8, 4) is 0 Å². The van der Waals surface area contributed by atoms with Crippen LogP contribution in [0.5, 0.6) is 0 Å². The summed E-state index contributed by atoms with van der Waals surface area (Å²) in [6.45, 7) is 6.64. The number of alkyl halides is 9. The van der Waals surface area contributed by atoms with E-state index in [1.54, 1.807) is 0 Å². The quantitative estimate of drug-likeness (QED) is 0.212. The van der Waals surface area contributed by atoms with Crippen LogP contribution in [0.4, 0.5) is 39.5 Å². The molecule has 0 saturated heterocycles. The molecule has 0 bridgehead atoms. The Bertz CT molecular complexity index is 697. The monoisotopic (exact) mass is 558 g/mol. The summed E-state index contributed by atoms with van der Waals surface area (Å²) in [5.74, 6) is -2.52. The largest absolute Gasteiger partial charge is 0.527 e. The van der Waals surface area contributed by atoms with Gasteiger partial charge in [-0.2, -0.15) is 26.3 Å². The number of hydrogen-bond acceptors (Lipinski definition) is 6. The minimum absolute atomic E-state index is 0. The second kappa shape index (κ2) is 13.2. The van der Waals surface area contributed by atoms with Gasteiger partial charge in [0.25, 0.3) is 0 Å². The standard InChI is InChI=1S/C17H23F9O6.4CH4/c1-11(2,3)30-10(28)13(6,7)12(4,5)9(27)29-8-14(18,19)31-15(20,21)16(22,23)32-17(24,25)26;;;;/h8H2,1-7H3;4*1H4. The van der Waals surface area contributed by atoms with Crippen LogP contribution in [0.25, 0.3) is 0 Å². The zero-order valence-electron chi connectivity index (χ0n) is 18.1. The van der Waals surface area contributed by atoms with Crippen LogP contribution in [0.1, 0.15) is 78.2 Å². The molecule has 0 aliphatic heterocycles. The van der Waals surface area contributed by atoms with E-state index in [0.29, 0.717) is 0 Å². The van der Waals surface area contributed by atoms with Crippen LogP contribution in [0.2, 0.25) is 0 Å². The summed E-state index contributed by atoms with van der Waals surface area (Å²) in [6, 6.07) is 0. The van der Waals surface area contributed by atoms with E-state index in [0.717, 1.165) is 13.8 Å². The summed E-state index contributed by atoms with van der Waals surface area (Å²) >= 11 is 0. The topological polar surface area (TPSA) is 71.1 Å². The summed E-state index contributed by atoms with van der Waals surface area (Å²) in [5.41, 5.74) is -4.63. The molecule has 222 valence electrons. The molecule has 0 aromatic carbocycles. The number of ether oxygens (including phenoxy) is 4. The average molecular weight is 559 g/mol. The molecule has 0 saturated carbocycles. The zero-order valence-corrected chi connectivity index (χ0v) is 18.1. The predicted molar refractivity (Wildman–Crippen MR) is 114 cm³/mol. The fourth-order valence-electron chi connectivity index (χ4n) is 1.73. The average Bonchev–Trinajstić information content (AvgIpc) is 2.47. The fraction of sp³-hybridized carbons (Fsp3) is 0.905. The van der Waals surface area contributed by atoms with Crippen LogP contribution in [0.15, 0.2) is 0 Å². The van der Waals surface area contributed by atoms with E-state index < -0.39 is 59.7 Å². The van der Waals surface area contributed by atoms with Gasteiger partial charge in [0.15, 0.2) is 6.61 Å². The Balaban J connectivity index is -0.000000801. The lowest BCUT2D eigenvalue weighted by atomic mass is 9.68. The van der Waals surface area contributed by atoms with Gasteiger partial charge in [0.05, 0.1) is 10.8 Å². The number of hydrogen-bond donors (Lipinski definition) is 0. The van der Waals surface area contributed by atoms with Crippen LogP contribution in [0, 0.1) is 10.8 Å². The first-order valence-corrected chi connectivity index (χ1v) is 8.68. The maximum absolute atomic E-state index is 13.6. The third-order valence-electron chi connectivity index (χ3n) is 4.21. The number of carbonyl (C=O) groups is 2. The normalized spacial score (nSPS) is 13.2. The molecule has 0 aromatic heterocycles. The lowest BCUT2D eigenvalue weighted by molar-refractivity contribution is -0.530. The molecule has 0 aliphatic rings. The Hall–Kier alpha value is -1.77. The van der Waals surface area contributed by atoms with Gasteiger partial charge in [0, 0.05) is 0 Å². The first-order valence-electron chi connectivity index (χ1n) is 8.68. The van der Waals surface area contributed by atoms with E-state index in [2.05, 4.69) is 9.47 Å². The molecule has 0 atom stereocenters. The Morgan fingerprint density at radius 1 is 0.583 bits per heavy atom. The Kier molecular flexibility index (Phi) is 16.2. The van der Waals surface area contributed by atoms with E-state index in [9.17, 15) is 49.1 Å². The molecule has 0 radical (unpaired) electrons. The highest BCUT2D eigenvalue weighted by Gasteiger charge is 2.68. The molecular formula is C21H39F9O6. The van der Waals surface area contributed by atoms with Gasteiger partial charge in [-0.15, -0.1) is 13.2 Å². The minimum atomic E-state index is -6.53. The summed E-state index contributed by atoms with van der Waals surface area (Å²) in [7, 11) is 0. The Labute approximate surface area is 206 Å². The van der Waals surface area contributed by atoms with Crippen molar-refractivity contribution in [2.24, 2.45) is 10.8 Å². The maximum atomic E-state index is 13.6. The molecule has 0 amide bonds. The van der Waals surface area contributed by atoms with E-state index in [-0.39, 0.29) is 29.7 Å². The molecule has 0 aromatic rings. The molecule has 6 nitrogen and oxygen atoms in total. The zero-order chi connectivity index (χ0) is 26.2. The van der Waals surface area contributed by atoms with E-state index in [1.165, 1.54) is 34.6 Å². The molecule has 15 heteroatoms. The van der Waals surface area contributed by atoms with Gasteiger partial charge in [0.1, 0.15) is 5.60 Å². The van der Waals surface area contributed by atoms with Crippen LogP contribution in [-0.4, -0.2) is 48.8 Å². The lowest BCUT2D eigenvalue weighted by Gasteiger charge is -2.39. The van der Waals surface area contributed by atoms with Gasteiger partial charge in [-0.1, -0.05) is 29.7 Å². The van der Waals surface area contributed by atoms with Crippen molar-refractivity contribution in [1.82, 2.24) is 0 Å². The summed E-state index contributed by atoms with van der Waals surface area (Å²) in [6.07, 6.45) is -24.7. The molecule has 0 spiro atoms.